The molecule has 19 heavy (non-hydrogen) atoms. The normalized spacial score (nSPS) is 16.5. The molecule has 1 aromatic carbocycles. The van der Waals surface area contributed by atoms with E-state index in [2.05, 4.69) is 21.6 Å². The molecule has 0 atom stereocenters. The largest absolute Gasteiger partial charge is 0.496 e. The predicted octanol–water partition coefficient (Wildman–Crippen LogP) is 2.55. The molecule has 1 aromatic heterocycles. The number of ether oxygens (including phenoxy) is 1. The molecule has 0 saturated carbocycles. The van der Waals surface area contributed by atoms with Gasteiger partial charge in [0, 0.05) is 17.2 Å². The van der Waals surface area contributed by atoms with Crippen molar-refractivity contribution in [3.8, 4) is 17.0 Å². The van der Waals surface area contributed by atoms with Crippen LogP contribution in [0.1, 0.15) is 24.5 Å². The molecule has 2 N–H and O–H groups in total. The Hall–Kier alpha value is -1.81. The van der Waals surface area contributed by atoms with Crippen LogP contribution in [-0.4, -0.2) is 30.4 Å². The fourth-order valence-electron chi connectivity index (χ4n) is 2.67. The van der Waals surface area contributed by atoms with E-state index in [0.29, 0.717) is 5.92 Å². The van der Waals surface area contributed by atoms with Crippen LogP contribution >= 0.6 is 0 Å². The molecule has 0 aliphatic carbocycles. The number of benzene rings is 1. The van der Waals surface area contributed by atoms with E-state index in [1.54, 1.807) is 7.11 Å². The summed E-state index contributed by atoms with van der Waals surface area (Å²) >= 11 is 0. The maximum atomic E-state index is 5.39. The summed E-state index contributed by atoms with van der Waals surface area (Å²) < 4.78 is 5.39. The molecule has 2 heterocycles. The van der Waals surface area contributed by atoms with E-state index in [1.165, 1.54) is 18.5 Å². The third-order valence-corrected chi connectivity index (χ3v) is 3.76. The van der Waals surface area contributed by atoms with Crippen molar-refractivity contribution >= 4 is 0 Å². The molecule has 4 nitrogen and oxygen atoms in total. The first-order valence-corrected chi connectivity index (χ1v) is 6.78. The van der Waals surface area contributed by atoms with Gasteiger partial charge in [-0.2, -0.15) is 5.10 Å². The fourth-order valence-corrected chi connectivity index (χ4v) is 2.67. The molecular formula is C15H19N3O. The number of aromatic nitrogens is 2. The van der Waals surface area contributed by atoms with E-state index in [0.717, 1.165) is 30.1 Å². The molecular weight excluding hydrogens is 238 g/mol. The van der Waals surface area contributed by atoms with Gasteiger partial charge in [0.1, 0.15) is 5.75 Å². The first-order chi connectivity index (χ1) is 9.38. The minimum Gasteiger partial charge on any atom is -0.496 e. The van der Waals surface area contributed by atoms with Crippen molar-refractivity contribution in [3.63, 3.8) is 0 Å². The van der Waals surface area contributed by atoms with Crippen LogP contribution in [0.3, 0.4) is 0 Å². The minimum atomic E-state index is 0.595. The van der Waals surface area contributed by atoms with Gasteiger partial charge in [-0.3, -0.25) is 5.10 Å². The SMILES string of the molecule is COc1ccccc1-c1cc(C2CCNCC2)[nH]n1. The van der Waals surface area contributed by atoms with Gasteiger partial charge in [0.05, 0.1) is 12.8 Å². The number of nitrogens with zero attached hydrogens (tertiary/aromatic N) is 1. The van der Waals surface area contributed by atoms with Gasteiger partial charge < -0.3 is 10.1 Å². The number of hydrogen-bond donors (Lipinski definition) is 2. The Kier molecular flexibility index (Phi) is 3.51. The molecule has 0 bridgehead atoms. The lowest BCUT2D eigenvalue weighted by Gasteiger charge is -2.20. The molecule has 0 unspecified atom stereocenters. The van der Waals surface area contributed by atoms with Crippen LogP contribution in [0.15, 0.2) is 30.3 Å². The Morgan fingerprint density at radius 3 is 2.79 bits per heavy atom. The van der Waals surface area contributed by atoms with Crippen molar-refractivity contribution in [2.75, 3.05) is 20.2 Å². The Bertz CT molecular complexity index is 544. The Labute approximate surface area is 113 Å². The summed E-state index contributed by atoms with van der Waals surface area (Å²) in [5.41, 5.74) is 3.25. The second-order valence-electron chi connectivity index (χ2n) is 4.93. The third kappa shape index (κ3) is 2.49. The van der Waals surface area contributed by atoms with Crippen molar-refractivity contribution in [1.29, 1.82) is 0 Å². The summed E-state index contributed by atoms with van der Waals surface area (Å²) in [5, 5.41) is 11.0. The summed E-state index contributed by atoms with van der Waals surface area (Å²) in [5.74, 6) is 1.46. The molecule has 1 fully saturated rings. The van der Waals surface area contributed by atoms with Crippen LogP contribution in [0, 0.1) is 0 Å². The van der Waals surface area contributed by atoms with E-state index >= 15 is 0 Å². The highest BCUT2D eigenvalue weighted by atomic mass is 16.5. The second-order valence-corrected chi connectivity index (χ2v) is 4.93. The van der Waals surface area contributed by atoms with Crippen LogP contribution < -0.4 is 10.1 Å². The van der Waals surface area contributed by atoms with E-state index in [9.17, 15) is 0 Å². The Morgan fingerprint density at radius 2 is 2.00 bits per heavy atom. The summed E-state index contributed by atoms with van der Waals surface area (Å²) in [6.07, 6.45) is 2.35. The quantitative estimate of drug-likeness (QED) is 0.888. The lowest BCUT2D eigenvalue weighted by atomic mass is 9.94. The molecule has 0 amide bonds. The van der Waals surface area contributed by atoms with Crippen molar-refractivity contribution < 1.29 is 4.74 Å². The van der Waals surface area contributed by atoms with Gasteiger partial charge in [-0.15, -0.1) is 0 Å². The first-order valence-electron chi connectivity index (χ1n) is 6.78. The van der Waals surface area contributed by atoms with Crippen molar-refractivity contribution in [3.05, 3.63) is 36.0 Å². The van der Waals surface area contributed by atoms with Crippen LogP contribution in [0.5, 0.6) is 5.75 Å². The highest BCUT2D eigenvalue weighted by Crippen LogP contribution is 2.31. The molecule has 3 rings (SSSR count). The maximum absolute atomic E-state index is 5.39. The number of methoxy groups -OCH3 is 1. The van der Waals surface area contributed by atoms with Crippen LogP contribution in [-0.2, 0) is 0 Å². The lowest BCUT2D eigenvalue weighted by molar-refractivity contribution is 0.416. The number of piperidine rings is 1. The molecule has 1 saturated heterocycles. The topological polar surface area (TPSA) is 49.9 Å². The standard InChI is InChI=1S/C15H19N3O/c1-19-15-5-3-2-4-12(15)14-10-13(17-18-14)11-6-8-16-9-7-11/h2-5,10-11,16H,6-9H2,1H3,(H,17,18). The highest BCUT2D eigenvalue weighted by molar-refractivity contribution is 5.67. The van der Waals surface area contributed by atoms with Gasteiger partial charge in [0.15, 0.2) is 0 Å². The van der Waals surface area contributed by atoms with E-state index < -0.39 is 0 Å². The smallest absolute Gasteiger partial charge is 0.128 e. The van der Waals surface area contributed by atoms with Gasteiger partial charge in [-0.1, -0.05) is 12.1 Å². The van der Waals surface area contributed by atoms with Crippen molar-refractivity contribution in [2.45, 2.75) is 18.8 Å². The van der Waals surface area contributed by atoms with Gasteiger partial charge >= 0.3 is 0 Å². The number of hydrogen-bond acceptors (Lipinski definition) is 3. The predicted molar refractivity (Wildman–Crippen MR) is 75.4 cm³/mol. The lowest BCUT2D eigenvalue weighted by Crippen LogP contribution is -2.26. The number of aromatic amines is 1. The first kappa shape index (κ1) is 12.2. The molecule has 2 aromatic rings. The Balaban J connectivity index is 1.88. The molecule has 0 spiro atoms. The monoisotopic (exact) mass is 257 g/mol. The second kappa shape index (κ2) is 5.45. The summed E-state index contributed by atoms with van der Waals surface area (Å²) in [6.45, 7) is 2.18. The van der Waals surface area contributed by atoms with E-state index in [4.69, 9.17) is 4.74 Å². The maximum Gasteiger partial charge on any atom is 0.128 e. The minimum absolute atomic E-state index is 0.595. The van der Waals surface area contributed by atoms with Gasteiger partial charge in [-0.05, 0) is 44.1 Å². The molecule has 0 radical (unpaired) electrons. The van der Waals surface area contributed by atoms with Crippen molar-refractivity contribution in [2.24, 2.45) is 0 Å². The summed E-state index contributed by atoms with van der Waals surface area (Å²) in [7, 11) is 1.69. The zero-order chi connectivity index (χ0) is 13.1. The fraction of sp³-hybridized carbons (Fsp3) is 0.400. The molecule has 100 valence electrons. The van der Waals surface area contributed by atoms with Gasteiger partial charge in [-0.25, -0.2) is 0 Å². The van der Waals surface area contributed by atoms with Crippen molar-refractivity contribution in [1.82, 2.24) is 15.5 Å². The summed E-state index contributed by atoms with van der Waals surface area (Å²) in [6, 6.07) is 10.2. The number of rotatable bonds is 3. The molecule has 4 heteroatoms. The Morgan fingerprint density at radius 1 is 1.21 bits per heavy atom. The zero-order valence-corrected chi connectivity index (χ0v) is 11.1. The third-order valence-electron chi connectivity index (χ3n) is 3.76. The zero-order valence-electron chi connectivity index (χ0n) is 11.1. The van der Waals surface area contributed by atoms with E-state index in [-0.39, 0.29) is 0 Å². The van der Waals surface area contributed by atoms with E-state index in [1.807, 2.05) is 24.3 Å². The average Bonchev–Trinajstić information content (AvgIpc) is 2.98. The highest BCUT2D eigenvalue weighted by Gasteiger charge is 2.18. The van der Waals surface area contributed by atoms with Crippen LogP contribution in [0.4, 0.5) is 0 Å². The number of nitrogens with one attached hydrogen (secondary N) is 2. The van der Waals surface area contributed by atoms with Crippen LogP contribution in [0.2, 0.25) is 0 Å². The van der Waals surface area contributed by atoms with Crippen LogP contribution in [0.25, 0.3) is 11.3 Å². The molecule has 1 aliphatic heterocycles. The average molecular weight is 257 g/mol. The summed E-state index contributed by atoms with van der Waals surface area (Å²) in [4.78, 5) is 0. The number of H-pyrrole nitrogens is 1. The van der Waals surface area contributed by atoms with Gasteiger partial charge in [0.2, 0.25) is 0 Å². The molecule has 1 aliphatic rings. The number of para-hydroxylation sites is 1. The van der Waals surface area contributed by atoms with Gasteiger partial charge in [0.25, 0.3) is 0 Å².